The molecule has 1 heterocycles. The molecule has 1 saturated carbocycles. The molecular formula is C8H10BrF2N3. The predicted molar refractivity (Wildman–Crippen MR) is 52.0 cm³/mol. The summed E-state index contributed by atoms with van der Waals surface area (Å²) in [6.45, 7) is 0.519. The highest BCUT2D eigenvalue weighted by molar-refractivity contribution is 9.10. The van der Waals surface area contributed by atoms with E-state index in [1.807, 2.05) is 0 Å². The van der Waals surface area contributed by atoms with Crippen LogP contribution in [0.2, 0.25) is 0 Å². The second-order valence-electron chi connectivity index (χ2n) is 3.71. The normalized spacial score (nSPS) is 20.8. The monoisotopic (exact) mass is 265 g/mol. The molecule has 0 spiro atoms. The van der Waals surface area contributed by atoms with Crippen molar-refractivity contribution in [3.05, 3.63) is 10.7 Å². The van der Waals surface area contributed by atoms with Gasteiger partial charge in [0.25, 0.3) is 0 Å². The van der Waals surface area contributed by atoms with Crippen molar-refractivity contribution in [2.75, 3.05) is 5.73 Å². The van der Waals surface area contributed by atoms with Gasteiger partial charge in [-0.25, -0.2) is 8.78 Å². The minimum atomic E-state index is -2.46. The number of nitrogens with zero attached hydrogens (tertiary/aromatic N) is 2. The van der Waals surface area contributed by atoms with Crippen LogP contribution in [0.3, 0.4) is 0 Å². The van der Waals surface area contributed by atoms with Gasteiger partial charge in [-0.15, -0.1) is 0 Å². The molecule has 0 atom stereocenters. The number of nitrogens with two attached hydrogens (primary N) is 1. The average Bonchev–Trinajstić information content (AvgIpc) is 2.27. The van der Waals surface area contributed by atoms with E-state index in [2.05, 4.69) is 21.0 Å². The molecular weight excluding hydrogens is 256 g/mol. The molecule has 0 aromatic carbocycles. The van der Waals surface area contributed by atoms with Crippen molar-refractivity contribution in [2.45, 2.75) is 25.3 Å². The van der Waals surface area contributed by atoms with E-state index in [0.29, 0.717) is 16.8 Å². The summed E-state index contributed by atoms with van der Waals surface area (Å²) in [6.07, 6.45) is 1.64. The lowest BCUT2D eigenvalue weighted by Gasteiger charge is -2.34. The predicted octanol–water partition coefficient (Wildman–Crippen LogP) is 2.27. The smallest absolute Gasteiger partial charge is 0.248 e. The highest BCUT2D eigenvalue weighted by atomic mass is 79.9. The Hall–Kier alpha value is -0.650. The van der Waals surface area contributed by atoms with Gasteiger partial charge in [0.2, 0.25) is 5.92 Å². The lowest BCUT2D eigenvalue weighted by Crippen LogP contribution is -2.37. The lowest BCUT2D eigenvalue weighted by atomic mass is 9.81. The van der Waals surface area contributed by atoms with Crippen LogP contribution in [-0.4, -0.2) is 15.7 Å². The van der Waals surface area contributed by atoms with Crippen molar-refractivity contribution in [2.24, 2.45) is 5.92 Å². The van der Waals surface area contributed by atoms with E-state index in [1.165, 1.54) is 0 Å². The fourth-order valence-electron chi connectivity index (χ4n) is 1.68. The second-order valence-corrected chi connectivity index (χ2v) is 4.57. The van der Waals surface area contributed by atoms with Gasteiger partial charge < -0.3 is 5.73 Å². The summed E-state index contributed by atoms with van der Waals surface area (Å²) in [5.41, 5.74) is 5.50. The molecule has 0 bridgehead atoms. The van der Waals surface area contributed by atoms with Crippen molar-refractivity contribution in [1.82, 2.24) is 9.78 Å². The van der Waals surface area contributed by atoms with Crippen LogP contribution in [0.15, 0.2) is 10.7 Å². The topological polar surface area (TPSA) is 43.8 Å². The molecule has 14 heavy (non-hydrogen) atoms. The Morgan fingerprint density at radius 3 is 2.71 bits per heavy atom. The second kappa shape index (κ2) is 3.18. The largest absolute Gasteiger partial charge is 0.381 e. The Bertz CT molecular complexity index is 323. The summed E-state index contributed by atoms with van der Waals surface area (Å²) < 4.78 is 27.3. The maximum Gasteiger partial charge on any atom is 0.248 e. The maximum atomic E-state index is 12.5. The number of alkyl halides is 2. The van der Waals surface area contributed by atoms with Crippen LogP contribution in [0.1, 0.15) is 12.8 Å². The number of halogens is 3. The maximum absolute atomic E-state index is 12.5. The third-order valence-electron chi connectivity index (χ3n) is 2.36. The van der Waals surface area contributed by atoms with Gasteiger partial charge in [0.1, 0.15) is 0 Å². The van der Waals surface area contributed by atoms with Crippen LogP contribution >= 0.6 is 15.9 Å². The molecule has 1 fully saturated rings. The van der Waals surface area contributed by atoms with Crippen molar-refractivity contribution in [3.63, 3.8) is 0 Å². The first kappa shape index (κ1) is 9.89. The zero-order valence-corrected chi connectivity index (χ0v) is 8.97. The van der Waals surface area contributed by atoms with Crippen molar-refractivity contribution < 1.29 is 8.78 Å². The van der Waals surface area contributed by atoms with E-state index < -0.39 is 5.92 Å². The lowest BCUT2D eigenvalue weighted by molar-refractivity contribution is -0.114. The molecule has 0 amide bonds. The fourth-order valence-corrected chi connectivity index (χ4v) is 2.00. The minimum absolute atomic E-state index is 0.0243. The summed E-state index contributed by atoms with van der Waals surface area (Å²) in [5, 5.41) is 3.98. The van der Waals surface area contributed by atoms with E-state index in [4.69, 9.17) is 5.73 Å². The highest BCUT2D eigenvalue weighted by Crippen LogP contribution is 2.43. The van der Waals surface area contributed by atoms with Gasteiger partial charge in [-0.3, -0.25) is 4.68 Å². The molecule has 2 N–H and O–H groups in total. The number of nitrogen functional groups attached to an aromatic ring is 1. The van der Waals surface area contributed by atoms with E-state index in [1.54, 1.807) is 10.9 Å². The third kappa shape index (κ3) is 1.89. The summed E-state index contributed by atoms with van der Waals surface area (Å²) in [6, 6.07) is 0. The Labute approximate surface area is 88.4 Å². The quantitative estimate of drug-likeness (QED) is 0.892. The standard InChI is InChI=1S/C8H10BrF2N3/c9-6-4-14(13-7(6)12)3-5-1-8(10,11)2-5/h4-5H,1-3H2,(H2,12,13). The molecule has 1 aromatic heterocycles. The van der Waals surface area contributed by atoms with Gasteiger partial charge >= 0.3 is 0 Å². The summed E-state index contributed by atoms with van der Waals surface area (Å²) in [5.74, 6) is -2.03. The van der Waals surface area contributed by atoms with E-state index in [0.717, 1.165) is 0 Å². The van der Waals surface area contributed by atoms with Gasteiger partial charge in [-0.1, -0.05) is 0 Å². The Morgan fingerprint density at radius 1 is 1.64 bits per heavy atom. The molecule has 0 aliphatic heterocycles. The first-order valence-corrected chi connectivity index (χ1v) is 5.12. The van der Waals surface area contributed by atoms with Crippen LogP contribution < -0.4 is 5.73 Å². The summed E-state index contributed by atoms with van der Waals surface area (Å²) in [7, 11) is 0. The summed E-state index contributed by atoms with van der Waals surface area (Å²) in [4.78, 5) is 0. The van der Waals surface area contributed by atoms with Gasteiger partial charge in [-0.2, -0.15) is 5.10 Å². The van der Waals surface area contributed by atoms with Crippen molar-refractivity contribution in [1.29, 1.82) is 0 Å². The van der Waals surface area contributed by atoms with E-state index in [-0.39, 0.29) is 18.8 Å². The van der Waals surface area contributed by atoms with Crippen molar-refractivity contribution >= 4 is 21.7 Å². The van der Waals surface area contributed by atoms with E-state index in [9.17, 15) is 8.78 Å². The number of rotatable bonds is 2. The van der Waals surface area contributed by atoms with Crippen LogP contribution in [0, 0.1) is 5.92 Å². The van der Waals surface area contributed by atoms with Crippen LogP contribution in [0.5, 0.6) is 0 Å². The zero-order valence-electron chi connectivity index (χ0n) is 7.38. The fraction of sp³-hybridized carbons (Fsp3) is 0.625. The Balaban J connectivity index is 1.93. The van der Waals surface area contributed by atoms with E-state index >= 15 is 0 Å². The molecule has 0 radical (unpaired) electrons. The number of hydrogen-bond donors (Lipinski definition) is 1. The molecule has 6 heteroatoms. The molecule has 3 nitrogen and oxygen atoms in total. The third-order valence-corrected chi connectivity index (χ3v) is 2.97. The number of anilines is 1. The number of hydrogen-bond acceptors (Lipinski definition) is 2. The molecule has 0 saturated heterocycles. The van der Waals surface area contributed by atoms with Crippen LogP contribution in [0.4, 0.5) is 14.6 Å². The van der Waals surface area contributed by atoms with Gasteiger partial charge in [0.15, 0.2) is 5.82 Å². The first-order chi connectivity index (χ1) is 6.46. The SMILES string of the molecule is Nc1nn(CC2CC(F)(F)C2)cc1Br. The molecule has 2 rings (SSSR count). The molecule has 1 aliphatic rings. The molecule has 0 unspecified atom stereocenters. The zero-order chi connectivity index (χ0) is 10.3. The Morgan fingerprint density at radius 2 is 2.29 bits per heavy atom. The van der Waals surface area contributed by atoms with Gasteiger partial charge in [0, 0.05) is 25.6 Å². The Kier molecular flexibility index (Phi) is 2.25. The highest BCUT2D eigenvalue weighted by Gasteiger charge is 2.45. The summed E-state index contributed by atoms with van der Waals surface area (Å²) >= 11 is 3.21. The average molecular weight is 266 g/mol. The van der Waals surface area contributed by atoms with Gasteiger partial charge in [-0.05, 0) is 21.8 Å². The van der Waals surface area contributed by atoms with Gasteiger partial charge in [0.05, 0.1) is 4.47 Å². The molecule has 1 aromatic rings. The van der Waals surface area contributed by atoms with Crippen LogP contribution in [-0.2, 0) is 6.54 Å². The number of aromatic nitrogens is 2. The van der Waals surface area contributed by atoms with Crippen molar-refractivity contribution in [3.8, 4) is 0 Å². The molecule has 78 valence electrons. The van der Waals surface area contributed by atoms with Crippen LogP contribution in [0.25, 0.3) is 0 Å². The first-order valence-electron chi connectivity index (χ1n) is 4.32. The molecule has 1 aliphatic carbocycles. The minimum Gasteiger partial charge on any atom is -0.381 e.